The molecule has 6 heteroatoms. The van der Waals surface area contributed by atoms with Crippen molar-refractivity contribution in [2.24, 2.45) is 0 Å². The van der Waals surface area contributed by atoms with Crippen molar-refractivity contribution in [1.82, 2.24) is 5.32 Å². The summed E-state index contributed by atoms with van der Waals surface area (Å²) in [5.41, 5.74) is 0. The molecule has 3 N–H and O–H groups in total. The second-order valence-electron chi connectivity index (χ2n) is 16.6. The average Bonchev–Trinajstić information content (AvgIpc) is 3.24. The molecular formula is C54H93NO5. The Bertz CT molecular complexity index is 1160. The Kier molecular flexibility index (Phi) is 44.8. The summed E-state index contributed by atoms with van der Waals surface area (Å²) in [5.74, 6) is -0.561. The number of rotatable bonds is 43. The maximum absolute atomic E-state index is 13.2. The van der Waals surface area contributed by atoms with Crippen LogP contribution in [0.25, 0.3) is 0 Å². The first-order valence-electron chi connectivity index (χ1n) is 24.9. The van der Waals surface area contributed by atoms with E-state index in [0.29, 0.717) is 19.3 Å². The highest BCUT2D eigenvalue weighted by Gasteiger charge is 2.24. The highest BCUT2D eigenvalue weighted by Crippen LogP contribution is 2.17. The molecule has 3 atom stereocenters. The molecule has 0 heterocycles. The van der Waals surface area contributed by atoms with Gasteiger partial charge >= 0.3 is 5.97 Å². The van der Waals surface area contributed by atoms with E-state index in [9.17, 15) is 19.8 Å². The molecule has 0 fully saturated rings. The predicted molar refractivity (Wildman–Crippen MR) is 259 cm³/mol. The fraction of sp³-hybridized carbons (Fsp3) is 0.704. The Morgan fingerprint density at radius 1 is 0.500 bits per heavy atom. The summed E-state index contributed by atoms with van der Waals surface area (Å²) in [6, 6.07) is -0.728. The predicted octanol–water partition coefficient (Wildman–Crippen LogP) is 14.8. The molecule has 0 aromatic rings. The molecule has 0 rings (SSSR count). The van der Waals surface area contributed by atoms with E-state index in [1.807, 2.05) is 36.5 Å². The molecule has 0 aromatic carbocycles. The van der Waals surface area contributed by atoms with Crippen LogP contribution in [-0.2, 0) is 14.3 Å². The summed E-state index contributed by atoms with van der Waals surface area (Å²) in [5, 5.41) is 23.7. The molecule has 0 bridgehead atoms. The van der Waals surface area contributed by atoms with Gasteiger partial charge in [-0.25, -0.2) is 0 Å². The van der Waals surface area contributed by atoms with Gasteiger partial charge in [0, 0.05) is 6.42 Å². The normalized spacial score (nSPS) is 14.0. The molecule has 0 aliphatic carbocycles. The topological polar surface area (TPSA) is 95.9 Å². The fourth-order valence-electron chi connectivity index (χ4n) is 7.15. The van der Waals surface area contributed by atoms with Gasteiger partial charge in [-0.15, -0.1) is 0 Å². The molecule has 0 aromatic heterocycles. The van der Waals surface area contributed by atoms with E-state index >= 15 is 0 Å². The van der Waals surface area contributed by atoms with Crippen molar-refractivity contribution in [2.75, 3.05) is 6.61 Å². The van der Waals surface area contributed by atoms with Gasteiger partial charge in [0.2, 0.25) is 5.91 Å². The summed E-state index contributed by atoms with van der Waals surface area (Å²) >= 11 is 0. The minimum atomic E-state index is -0.810. The van der Waals surface area contributed by atoms with Gasteiger partial charge in [0.1, 0.15) is 6.10 Å². The lowest BCUT2D eigenvalue weighted by molar-refractivity contribution is -0.151. The zero-order valence-corrected chi connectivity index (χ0v) is 39.1. The lowest BCUT2D eigenvalue weighted by Crippen LogP contribution is -2.46. The van der Waals surface area contributed by atoms with Gasteiger partial charge in [-0.05, 0) is 57.8 Å². The van der Waals surface area contributed by atoms with Crippen molar-refractivity contribution in [2.45, 2.75) is 238 Å². The summed E-state index contributed by atoms with van der Waals surface area (Å²) < 4.78 is 5.87. The van der Waals surface area contributed by atoms with Crippen LogP contribution in [0.2, 0.25) is 0 Å². The number of nitrogens with one attached hydrogen (secondary N) is 1. The van der Waals surface area contributed by atoms with E-state index in [1.165, 1.54) is 103 Å². The van der Waals surface area contributed by atoms with Gasteiger partial charge in [-0.3, -0.25) is 9.59 Å². The van der Waals surface area contributed by atoms with Crippen LogP contribution in [-0.4, -0.2) is 46.9 Å². The maximum Gasteiger partial charge on any atom is 0.306 e. The van der Waals surface area contributed by atoms with Gasteiger partial charge < -0.3 is 20.3 Å². The van der Waals surface area contributed by atoms with Gasteiger partial charge in [0.05, 0.1) is 25.2 Å². The minimum Gasteiger partial charge on any atom is -0.462 e. The first-order valence-corrected chi connectivity index (χ1v) is 24.9. The number of amides is 1. The number of aliphatic hydroxyl groups excluding tert-OH is 2. The molecule has 0 saturated carbocycles. The zero-order valence-electron chi connectivity index (χ0n) is 39.1. The quantitative estimate of drug-likeness (QED) is 0.0323. The van der Waals surface area contributed by atoms with Crippen LogP contribution < -0.4 is 5.32 Å². The smallest absolute Gasteiger partial charge is 0.306 e. The van der Waals surface area contributed by atoms with Crippen molar-refractivity contribution < 1.29 is 24.5 Å². The third kappa shape index (κ3) is 41.8. The van der Waals surface area contributed by atoms with E-state index < -0.39 is 18.2 Å². The van der Waals surface area contributed by atoms with E-state index in [2.05, 4.69) is 74.7 Å². The number of carbonyl (C=O) groups excluding carboxylic acids is 2. The van der Waals surface area contributed by atoms with Crippen LogP contribution >= 0.6 is 0 Å². The molecule has 0 radical (unpaired) electrons. The number of aliphatic hydroxyl groups is 2. The molecule has 6 nitrogen and oxygen atoms in total. The van der Waals surface area contributed by atoms with E-state index in [-0.39, 0.29) is 24.9 Å². The van der Waals surface area contributed by atoms with Crippen LogP contribution in [0.5, 0.6) is 0 Å². The number of hydrogen-bond donors (Lipinski definition) is 3. The van der Waals surface area contributed by atoms with Gasteiger partial charge in [0.25, 0.3) is 0 Å². The highest BCUT2D eigenvalue weighted by molar-refractivity contribution is 5.77. The van der Waals surface area contributed by atoms with Crippen LogP contribution in [0.4, 0.5) is 0 Å². The summed E-state index contributed by atoms with van der Waals surface area (Å²) in [6.45, 7) is 6.18. The Balaban J connectivity index is 4.61. The maximum atomic E-state index is 13.2. The highest BCUT2D eigenvalue weighted by atomic mass is 16.5. The van der Waals surface area contributed by atoms with Gasteiger partial charge in [0.15, 0.2) is 0 Å². The van der Waals surface area contributed by atoms with Crippen molar-refractivity contribution >= 4 is 11.9 Å². The number of allylic oxidation sites excluding steroid dienone is 14. The molecule has 3 unspecified atom stereocenters. The largest absolute Gasteiger partial charge is 0.462 e. The van der Waals surface area contributed by atoms with E-state index in [0.717, 1.165) is 70.6 Å². The fourth-order valence-corrected chi connectivity index (χ4v) is 7.15. The molecule has 0 aliphatic heterocycles. The average molecular weight is 836 g/mol. The lowest BCUT2D eigenvalue weighted by atomic mass is 10.0. The standard InChI is InChI=1S/C54H93NO5/c1-4-7-10-13-16-19-22-24-26-28-31-34-37-40-43-46-52(57)51(49-56)55-53(58)48-50(45-42-39-36-33-30-21-18-15-12-9-6-3)60-54(59)47-44-41-38-35-32-29-27-25-23-20-17-14-11-8-5-2/h8-9,11-12,14-15,17-18,20-21,23,30,33,36,50-52,56-57H,4-7,10,13,16,19,22,24-29,31-32,34-35,37-49H2,1-3H3,(H,55,58)/b11-8+,12-9+,17-14+,18-15+,23-20+,30-21-,36-33-. The van der Waals surface area contributed by atoms with Crippen molar-refractivity contribution in [3.05, 3.63) is 85.1 Å². The number of hydrogen-bond acceptors (Lipinski definition) is 5. The van der Waals surface area contributed by atoms with Crippen molar-refractivity contribution in [3.63, 3.8) is 0 Å². The number of unbranched alkanes of at least 4 members (excludes halogenated alkanes) is 22. The second kappa shape index (κ2) is 47.1. The molecule has 0 aliphatic rings. The van der Waals surface area contributed by atoms with Crippen LogP contribution in [0.15, 0.2) is 85.1 Å². The van der Waals surface area contributed by atoms with Crippen LogP contribution in [0, 0.1) is 0 Å². The number of esters is 1. The zero-order chi connectivity index (χ0) is 43.8. The second-order valence-corrected chi connectivity index (χ2v) is 16.6. The summed E-state index contributed by atoms with van der Waals surface area (Å²) in [4.78, 5) is 26.1. The third-order valence-corrected chi connectivity index (χ3v) is 10.9. The monoisotopic (exact) mass is 836 g/mol. The van der Waals surface area contributed by atoms with Crippen molar-refractivity contribution in [3.8, 4) is 0 Å². The molecule has 1 amide bonds. The molecule has 0 spiro atoms. The van der Waals surface area contributed by atoms with E-state index in [4.69, 9.17) is 4.74 Å². The van der Waals surface area contributed by atoms with Crippen LogP contribution in [0.1, 0.15) is 220 Å². The summed E-state index contributed by atoms with van der Waals surface area (Å²) in [6.07, 6.45) is 60.8. The Labute approximate surface area is 370 Å². The van der Waals surface area contributed by atoms with Gasteiger partial charge in [-0.2, -0.15) is 0 Å². The van der Waals surface area contributed by atoms with E-state index in [1.54, 1.807) is 0 Å². The Hall–Kier alpha value is -2.96. The third-order valence-electron chi connectivity index (χ3n) is 10.9. The van der Waals surface area contributed by atoms with Crippen LogP contribution in [0.3, 0.4) is 0 Å². The lowest BCUT2D eigenvalue weighted by Gasteiger charge is -2.24. The molecule has 344 valence electrons. The number of ether oxygens (including phenoxy) is 1. The number of carbonyl (C=O) groups is 2. The van der Waals surface area contributed by atoms with Crippen molar-refractivity contribution in [1.29, 1.82) is 0 Å². The molecular weight excluding hydrogens is 743 g/mol. The molecule has 60 heavy (non-hydrogen) atoms. The first kappa shape index (κ1) is 57.0. The first-order chi connectivity index (χ1) is 29.5. The molecule has 0 saturated heterocycles. The summed E-state index contributed by atoms with van der Waals surface area (Å²) in [7, 11) is 0. The Morgan fingerprint density at radius 2 is 0.917 bits per heavy atom. The minimum absolute atomic E-state index is 0.0228. The van der Waals surface area contributed by atoms with Gasteiger partial charge in [-0.1, -0.05) is 234 Å². The Morgan fingerprint density at radius 3 is 1.40 bits per heavy atom. The SMILES string of the molecule is CC/C=C/C=C/C=C\C=C/CCCC(CC(=O)NC(CO)C(O)CCCCCCCCCCCCCCCCC)OC(=O)CCCCCCCCC/C=C/C=C/C=C/CC.